The smallest absolute Gasteiger partial charge is 0.407 e. The lowest BCUT2D eigenvalue weighted by Gasteiger charge is -2.20. The number of alkyl carbamates (subject to hydrolysis) is 1. The van der Waals surface area contributed by atoms with Crippen LogP contribution in [0.5, 0.6) is 0 Å². The van der Waals surface area contributed by atoms with Gasteiger partial charge in [0.25, 0.3) is 0 Å². The molecule has 6 nitrogen and oxygen atoms in total. The van der Waals surface area contributed by atoms with E-state index in [9.17, 15) is 9.90 Å². The number of nitrogens with one attached hydrogen (secondary N) is 1. The molecule has 1 aromatic carbocycles. The normalized spacial score (nSPS) is 12.9. The Kier molecular flexibility index (Phi) is 4.97. The van der Waals surface area contributed by atoms with Crippen molar-refractivity contribution in [3.63, 3.8) is 0 Å². The highest BCUT2D eigenvalue weighted by Gasteiger charge is 2.18. The van der Waals surface area contributed by atoms with Gasteiger partial charge >= 0.3 is 6.09 Å². The molecule has 0 saturated heterocycles. The molecule has 0 spiro atoms. The van der Waals surface area contributed by atoms with E-state index in [1.807, 2.05) is 0 Å². The van der Waals surface area contributed by atoms with Gasteiger partial charge in [-0.3, -0.25) is 0 Å². The Balaban J connectivity index is 2.12. The van der Waals surface area contributed by atoms with Crippen molar-refractivity contribution in [3.8, 4) is 0 Å². The standard InChI is InChI=1S/C16H20ClN3O3/c1-16(2,3)23-15(22)20-8-13(21)10-4-9-6-14(18)19-7-11(9)12(17)5-10/h4-7,13,21H,8H2,1-3H3,(H2,18,19)(H,20,22). The molecule has 4 N–H and O–H groups in total. The Hall–Kier alpha value is -2.05. The molecule has 0 aliphatic carbocycles. The Morgan fingerprint density at radius 1 is 1.43 bits per heavy atom. The number of rotatable bonds is 3. The summed E-state index contributed by atoms with van der Waals surface area (Å²) in [5.41, 5.74) is 5.65. The van der Waals surface area contributed by atoms with Crippen molar-refractivity contribution < 1.29 is 14.6 Å². The van der Waals surface area contributed by atoms with Crippen LogP contribution < -0.4 is 11.1 Å². The second-order valence-corrected chi connectivity index (χ2v) is 6.64. The number of nitrogens with two attached hydrogens (primary N) is 1. The number of nitrogens with zero attached hydrogens (tertiary/aromatic N) is 1. The van der Waals surface area contributed by atoms with Crippen LogP contribution in [0, 0.1) is 0 Å². The first-order chi connectivity index (χ1) is 10.7. The zero-order valence-corrected chi connectivity index (χ0v) is 14.0. The fourth-order valence-corrected chi connectivity index (χ4v) is 2.34. The van der Waals surface area contributed by atoms with Gasteiger partial charge in [-0.15, -0.1) is 0 Å². The van der Waals surface area contributed by atoms with Crippen LogP contribution in [0.15, 0.2) is 24.4 Å². The molecule has 0 aliphatic heterocycles. The van der Waals surface area contributed by atoms with Crippen LogP contribution in [-0.2, 0) is 4.74 Å². The largest absolute Gasteiger partial charge is 0.444 e. The van der Waals surface area contributed by atoms with Gasteiger partial charge < -0.3 is 20.9 Å². The predicted octanol–water partition coefficient (Wildman–Crippen LogP) is 3.03. The number of hydrogen-bond acceptors (Lipinski definition) is 5. The third-order valence-corrected chi connectivity index (χ3v) is 3.37. The topological polar surface area (TPSA) is 97.5 Å². The number of amides is 1. The second kappa shape index (κ2) is 6.60. The minimum Gasteiger partial charge on any atom is -0.444 e. The maximum absolute atomic E-state index is 11.6. The lowest BCUT2D eigenvalue weighted by atomic mass is 10.0. The van der Waals surface area contributed by atoms with Crippen molar-refractivity contribution in [2.75, 3.05) is 12.3 Å². The molecule has 1 heterocycles. The van der Waals surface area contributed by atoms with Crippen LogP contribution in [0.3, 0.4) is 0 Å². The van der Waals surface area contributed by atoms with Crippen LogP contribution >= 0.6 is 11.6 Å². The zero-order valence-electron chi connectivity index (χ0n) is 13.3. The maximum atomic E-state index is 11.6. The van der Waals surface area contributed by atoms with Crippen LogP contribution in [0.4, 0.5) is 10.6 Å². The molecule has 7 heteroatoms. The average molecular weight is 338 g/mol. The van der Waals surface area contributed by atoms with Gasteiger partial charge in [-0.05, 0) is 49.9 Å². The van der Waals surface area contributed by atoms with Gasteiger partial charge in [0.15, 0.2) is 0 Å². The van der Waals surface area contributed by atoms with Crippen molar-refractivity contribution in [2.45, 2.75) is 32.5 Å². The molecule has 1 unspecified atom stereocenters. The van der Waals surface area contributed by atoms with E-state index >= 15 is 0 Å². The number of anilines is 1. The first-order valence-electron chi connectivity index (χ1n) is 7.15. The number of benzene rings is 1. The van der Waals surface area contributed by atoms with Crippen molar-refractivity contribution in [2.24, 2.45) is 0 Å². The van der Waals surface area contributed by atoms with Crippen molar-refractivity contribution in [3.05, 3.63) is 35.0 Å². The molecule has 0 fully saturated rings. The summed E-state index contributed by atoms with van der Waals surface area (Å²) in [5.74, 6) is 0.368. The van der Waals surface area contributed by atoms with Crippen LogP contribution in [-0.4, -0.2) is 28.3 Å². The van der Waals surface area contributed by atoms with Gasteiger partial charge in [0.2, 0.25) is 0 Å². The highest BCUT2D eigenvalue weighted by Crippen LogP contribution is 2.28. The molecule has 0 saturated carbocycles. The van der Waals surface area contributed by atoms with E-state index in [2.05, 4.69) is 10.3 Å². The Morgan fingerprint density at radius 3 is 2.78 bits per heavy atom. The molecule has 1 amide bonds. The van der Waals surface area contributed by atoms with Crippen molar-refractivity contribution in [1.29, 1.82) is 0 Å². The van der Waals surface area contributed by atoms with Gasteiger partial charge in [-0.1, -0.05) is 11.6 Å². The number of aromatic nitrogens is 1. The number of halogens is 1. The first kappa shape index (κ1) is 17.3. The fourth-order valence-electron chi connectivity index (χ4n) is 2.06. The van der Waals surface area contributed by atoms with Gasteiger partial charge in [0, 0.05) is 11.6 Å². The highest BCUT2D eigenvalue weighted by atomic mass is 35.5. The molecule has 124 valence electrons. The quantitative estimate of drug-likeness (QED) is 0.799. The average Bonchev–Trinajstić information content (AvgIpc) is 2.42. The lowest BCUT2D eigenvalue weighted by molar-refractivity contribution is 0.0492. The summed E-state index contributed by atoms with van der Waals surface area (Å²) in [5, 5.41) is 14.8. The highest BCUT2D eigenvalue weighted by molar-refractivity contribution is 6.35. The van der Waals surface area contributed by atoms with E-state index in [-0.39, 0.29) is 6.54 Å². The monoisotopic (exact) mass is 337 g/mol. The summed E-state index contributed by atoms with van der Waals surface area (Å²) in [7, 11) is 0. The van der Waals surface area contributed by atoms with E-state index in [0.717, 1.165) is 10.8 Å². The Bertz CT molecular complexity index is 728. The Morgan fingerprint density at radius 2 is 2.13 bits per heavy atom. The van der Waals surface area contributed by atoms with E-state index in [1.165, 1.54) is 0 Å². The predicted molar refractivity (Wildman–Crippen MR) is 90.4 cm³/mol. The summed E-state index contributed by atoms with van der Waals surface area (Å²) in [6.45, 7) is 5.32. The van der Waals surface area contributed by atoms with Crippen LogP contribution in [0.25, 0.3) is 10.8 Å². The van der Waals surface area contributed by atoms with E-state index in [4.69, 9.17) is 22.1 Å². The van der Waals surface area contributed by atoms with Crippen LogP contribution in [0.1, 0.15) is 32.4 Å². The fraction of sp³-hybridized carbons (Fsp3) is 0.375. The minimum absolute atomic E-state index is 0.0112. The molecule has 23 heavy (non-hydrogen) atoms. The molecule has 0 bridgehead atoms. The van der Waals surface area contributed by atoms with E-state index < -0.39 is 17.8 Å². The number of hydrogen-bond donors (Lipinski definition) is 3. The van der Waals surface area contributed by atoms with Crippen LogP contribution in [0.2, 0.25) is 5.02 Å². The molecule has 0 radical (unpaired) electrons. The second-order valence-electron chi connectivity index (χ2n) is 6.23. The third-order valence-electron chi connectivity index (χ3n) is 3.05. The van der Waals surface area contributed by atoms with Crippen molar-refractivity contribution >= 4 is 34.3 Å². The number of aliphatic hydroxyl groups excluding tert-OH is 1. The van der Waals surface area contributed by atoms with E-state index in [1.54, 1.807) is 45.2 Å². The summed E-state index contributed by atoms with van der Waals surface area (Å²) in [6.07, 6.45) is 0.0814. The van der Waals surface area contributed by atoms with Gasteiger partial charge in [0.1, 0.15) is 11.4 Å². The zero-order chi connectivity index (χ0) is 17.2. The molecule has 2 aromatic rings. The molecule has 0 aliphatic rings. The molecule has 1 atom stereocenters. The SMILES string of the molecule is CC(C)(C)OC(=O)NCC(O)c1cc(Cl)c2cnc(N)cc2c1. The van der Waals surface area contributed by atoms with E-state index in [0.29, 0.717) is 16.4 Å². The number of fused-ring (bicyclic) bond motifs is 1. The molecule has 1 aromatic heterocycles. The summed E-state index contributed by atoms with van der Waals surface area (Å²) in [4.78, 5) is 15.6. The first-order valence-corrected chi connectivity index (χ1v) is 7.53. The lowest BCUT2D eigenvalue weighted by Crippen LogP contribution is -2.34. The number of aliphatic hydroxyl groups is 1. The van der Waals surface area contributed by atoms with Gasteiger partial charge in [0.05, 0.1) is 17.7 Å². The Labute approximate surface area is 139 Å². The maximum Gasteiger partial charge on any atom is 0.407 e. The van der Waals surface area contributed by atoms with Gasteiger partial charge in [-0.25, -0.2) is 9.78 Å². The third kappa shape index (κ3) is 4.71. The summed E-state index contributed by atoms with van der Waals surface area (Å²) in [6, 6.07) is 5.09. The van der Waals surface area contributed by atoms with Gasteiger partial charge in [-0.2, -0.15) is 0 Å². The summed E-state index contributed by atoms with van der Waals surface area (Å²) >= 11 is 6.20. The summed E-state index contributed by atoms with van der Waals surface area (Å²) < 4.78 is 5.12. The molecule has 2 rings (SSSR count). The molecular formula is C16H20ClN3O3. The number of pyridine rings is 1. The number of carbonyl (C=O) groups is 1. The minimum atomic E-state index is -0.918. The number of ether oxygens (including phenoxy) is 1. The molecular weight excluding hydrogens is 318 g/mol. The number of nitrogen functional groups attached to an aromatic ring is 1. The number of carbonyl (C=O) groups excluding carboxylic acids is 1. The van der Waals surface area contributed by atoms with Crippen molar-refractivity contribution in [1.82, 2.24) is 10.3 Å².